The Morgan fingerprint density at radius 2 is 2.00 bits per heavy atom. The predicted octanol–water partition coefficient (Wildman–Crippen LogP) is 1.57. The van der Waals surface area contributed by atoms with Gasteiger partial charge in [0.25, 0.3) is 5.56 Å². The summed E-state index contributed by atoms with van der Waals surface area (Å²) in [5.74, 6) is -0.614. The van der Waals surface area contributed by atoms with Gasteiger partial charge in [0.1, 0.15) is 5.75 Å². The van der Waals surface area contributed by atoms with E-state index in [0.29, 0.717) is 11.4 Å². The number of aromatic amines is 1. The maximum Gasteiger partial charge on any atom is 0.335 e. The zero-order valence-corrected chi connectivity index (χ0v) is 9.51. The summed E-state index contributed by atoms with van der Waals surface area (Å²) in [5.41, 5.74) is 0.392. The summed E-state index contributed by atoms with van der Waals surface area (Å²) in [5, 5.41) is 8.74. The van der Waals surface area contributed by atoms with Crippen molar-refractivity contribution < 1.29 is 14.6 Å². The van der Waals surface area contributed by atoms with Gasteiger partial charge >= 0.3 is 12.0 Å². The van der Waals surface area contributed by atoms with Gasteiger partial charge in [0.05, 0.1) is 5.56 Å². The summed E-state index contributed by atoms with van der Waals surface area (Å²) < 4.78 is 5.32. The number of aryl methyl sites for hydroxylation is 1. The molecule has 2 rings (SSSR count). The van der Waals surface area contributed by atoms with Crippen LogP contribution in [0.1, 0.15) is 16.1 Å². The van der Waals surface area contributed by atoms with Crippen LogP contribution in [0.5, 0.6) is 11.8 Å². The highest BCUT2D eigenvalue weighted by atomic mass is 16.5. The minimum absolute atomic E-state index is 0.0723. The van der Waals surface area contributed by atoms with Crippen molar-refractivity contribution in [3.05, 3.63) is 51.9 Å². The molecule has 0 aliphatic carbocycles. The molecule has 0 unspecified atom stereocenters. The van der Waals surface area contributed by atoms with Crippen LogP contribution in [0.25, 0.3) is 0 Å². The number of rotatable bonds is 3. The summed E-state index contributed by atoms with van der Waals surface area (Å²) in [6.45, 7) is 1.68. The van der Waals surface area contributed by atoms with Crippen LogP contribution in [-0.2, 0) is 0 Å². The maximum absolute atomic E-state index is 11.2. The summed E-state index contributed by atoms with van der Waals surface area (Å²) in [4.78, 5) is 28.3. The van der Waals surface area contributed by atoms with Gasteiger partial charge in [-0.25, -0.2) is 9.78 Å². The molecule has 18 heavy (non-hydrogen) atoms. The van der Waals surface area contributed by atoms with Crippen LogP contribution < -0.4 is 10.3 Å². The van der Waals surface area contributed by atoms with E-state index >= 15 is 0 Å². The fraction of sp³-hybridized carbons (Fsp3) is 0.0833. The monoisotopic (exact) mass is 246 g/mol. The van der Waals surface area contributed by atoms with E-state index < -0.39 is 5.97 Å². The lowest BCUT2D eigenvalue weighted by Crippen LogP contribution is -2.08. The molecule has 6 nitrogen and oxygen atoms in total. The number of hydrogen-bond donors (Lipinski definition) is 2. The molecule has 0 aliphatic heterocycles. The molecular formula is C12H10N2O4. The van der Waals surface area contributed by atoms with Crippen molar-refractivity contribution in [3.8, 4) is 11.8 Å². The van der Waals surface area contributed by atoms with Crippen molar-refractivity contribution in [2.45, 2.75) is 6.92 Å². The molecule has 2 aromatic rings. The standard InChI is InChI=1S/C12H10N2O4/c1-7-6-10(15)14-12(13-7)18-9-4-2-8(3-5-9)11(16)17/h2-6H,1H3,(H,16,17)(H,13,14,15). The second-order valence-corrected chi connectivity index (χ2v) is 3.62. The fourth-order valence-electron chi connectivity index (χ4n) is 1.38. The number of carboxylic acid groups (broad SMARTS) is 1. The Morgan fingerprint density at radius 1 is 1.33 bits per heavy atom. The molecule has 2 N–H and O–H groups in total. The smallest absolute Gasteiger partial charge is 0.335 e. The number of ether oxygens (including phenoxy) is 1. The van der Waals surface area contributed by atoms with E-state index in [1.807, 2.05) is 0 Å². The van der Waals surface area contributed by atoms with Gasteiger partial charge in [-0.1, -0.05) is 0 Å². The molecule has 6 heteroatoms. The molecule has 0 saturated carbocycles. The van der Waals surface area contributed by atoms with E-state index in [9.17, 15) is 9.59 Å². The fourth-order valence-corrected chi connectivity index (χ4v) is 1.38. The zero-order valence-electron chi connectivity index (χ0n) is 9.51. The van der Waals surface area contributed by atoms with Gasteiger partial charge in [-0.2, -0.15) is 0 Å². The Kier molecular flexibility index (Phi) is 3.09. The van der Waals surface area contributed by atoms with Gasteiger partial charge in [0.15, 0.2) is 0 Å². The average Bonchev–Trinajstić information content (AvgIpc) is 2.28. The Morgan fingerprint density at radius 3 is 2.56 bits per heavy atom. The van der Waals surface area contributed by atoms with Crippen LogP contribution in [-0.4, -0.2) is 21.0 Å². The van der Waals surface area contributed by atoms with Crippen LogP contribution in [0.4, 0.5) is 0 Å². The third-order valence-electron chi connectivity index (χ3n) is 2.16. The van der Waals surface area contributed by atoms with E-state index in [4.69, 9.17) is 9.84 Å². The van der Waals surface area contributed by atoms with E-state index in [-0.39, 0.29) is 17.1 Å². The highest BCUT2D eigenvalue weighted by Crippen LogP contribution is 2.17. The molecule has 92 valence electrons. The van der Waals surface area contributed by atoms with Crippen molar-refractivity contribution in [1.82, 2.24) is 9.97 Å². The molecule has 0 bridgehead atoms. The first-order valence-corrected chi connectivity index (χ1v) is 5.14. The van der Waals surface area contributed by atoms with Crippen molar-refractivity contribution >= 4 is 5.97 Å². The number of aromatic carboxylic acids is 1. The van der Waals surface area contributed by atoms with Gasteiger partial charge < -0.3 is 9.84 Å². The third-order valence-corrected chi connectivity index (χ3v) is 2.16. The van der Waals surface area contributed by atoms with Gasteiger partial charge in [-0.15, -0.1) is 0 Å². The van der Waals surface area contributed by atoms with E-state index in [2.05, 4.69) is 9.97 Å². The van der Waals surface area contributed by atoms with Gasteiger partial charge in [0.2, 0.25) is 0 Å². The summed E-state index contributed by atoms with van der Waals surface area (Å²) in [7, 11) is 0. The molecule has 0 aliphatic rings. The van der Waals surface area contributed by atoms with E-state index in [1.165, 1.54) is 30.3 Å². The van der Waals surface area contributed by atoms with Gasteiger partial charge in [-0.3, -0.25) is 9.78 Å². The first-order valence-electron chi connectivity index (χ1n) is 5.14. The van der Waals surface area contributed by atoms with E-state index in [0.717, 1.165) is 0 Å². The Labute approximate surface area is 102 Å². The Balaban J connectivity index is 2.23. The Bertz CT molecular complexity index is 631. The largest absolute Gasteiger partial charge is 0.478 e. The van der Waals surface area contributed by atoms with Crippen LogP contribution in [0, 0.1) is 6.92 Å². The summed E-state index contributed by atoms with van der Waals surface area (Å²) in [6, 6.07) is 7.22. The first kappa shape index (κ1) is 11.8. The van der Waals surface area contributed by atoms with Crippen LogP contribution in [0.2, 0.25) is 0 Å². The molecule has 0 atom stereocenters. The number of hydrogen-bond acceptors (Lipinski definition) is 4. The molecule has 0 saturated heterocycles. The lowest BCUT2D eigenvalue weighted by molar-refractivity contribution is 0.0697. The zero-order chi connectivity index (χ0) is 13.1. The topological polar surface area (TPSA) is 92.3 Å². The summed E-state index contributed by atoms with van der Waals surface area (Å²) >= 11 is 0. The van der Waals surface area contributed by atoms with Crippen molar-refractivity contribution in [1.29, 1.82) is 0 Å². The minimum Gasteiger partial charge on any atom is -0.478 e. The van der Waals surface area contributed by atoms with Crippen molar-refractivity contribution in [3.63, 3.8) is 0 Å². The molecule has 0 fully saturated rings. The number of benzene rings is 1. The lowest BCUT2D eigenvalue weighted by atomic mass is 10.2. The molecule has 1 aromatic carbocycles. The van der Waals surface area contributed by atoms with Gasteiger partial charge in [-0.05, 0) is 31.2 Å². The number of carbonyl (C=O) groups is 1. The van der Waals surface area contributed by atoms with E-state index in [1.54, 1.807) is 6.92 Å². The molecule has 1 heterocycles. The van der Waals surface area contributed by atoms with Crippen molar-refractivity contribution in [2.24, 2.45) is 0 Å². The highest BCUT2D eigenvalue weighted by Gasteiger charge is 2.04. The SMILES string of the molecule is Cc1cc(=O)[nH]c(Oc2ccc(C(=O)O)cc2)n1. The first-order chi connectivity index (χ1) is 8.54. The minimum atomic E-state index is -1.01. The van der Waals surface area contributed by atoms with Crippen LogP contribution >= 0.6 is 0 Å². The number of nitrogens with zero attached hydrogens (tertiary/aromatic N) is 1. The maximum atomic E-state index is 11.2. The molecule has 0 spiro atoms. The number of carboxylic acids is 1. The van der Waals surface area contributed by atoms with Crippen LogP contribution in [0.15, 0.2) is 35.1 Å². The second-order valence-electron chi connectivity index (χ2n) is 3.62. The van der Waals surface area contributed by atoms with Crippen molar-refractivity contribution in [2.75, 3.05) is 0 Å². The number of H-pyrrole nitrogens is 1. The average molecular weight is 246 g/mol. The van der Waals surface area contributed by atoms with Crippen LogP contribution in [0.3, 0.4) is 0 Å². The second kappa shape index (κ2) is 4.70. The quantitative estimate of drug-likeness (QED) is 0.857. The molecular weight excluding hydrogens is 236 g/mol. The molecule has 0 amide bonds. The third kappa shape index (κ3) is 2.73. The molecule has 1 aromatic heterocycles. The Hall–Kier alpha value is -2.63. The normalized spacial score (nSPS) is 10.1. The highest BCUT2D eigenvalue weighted by molar-refractivity contribution is 5.87. The summed E-state index contributed by atoms with van der Waals surface area (Å²) in [6.07, 6.45) is 0. The number of aromatic nitrogens is 2. The van der Waals surface area contributed by atoms with Gasteiger partial charge in [0, 0.05) is 11.8 Å². The number of nitrogens with one attached hydrogen (secondary N) is 1. The predicted molar refractivity (Wildman–Crippen MR) is 63.1 cm³/mol. The lowest BCUT2D eigenvalue weighted by Gasteiger charge is -2.04. The molecule has 0 radical (unpaired) electrons.